The summed E-state index contributed by atoms with van der Waals surface area (Å²) in [6.45, 7) is 15.8. The number of hydrogen-bond donors (Lipinski definition) is 3. The number of aromatic nitrogens is 3. The van der Waals surface area contributed by atoms with E-state index in [2.05, 4.69) is 48.0 Å². The van der Waals surface area contributed by atoms with Gasteiger partial charge in [0.25, 0.3) is 0 Å². The maximum atomic E-state index is 11.3. The van der Waals surface area contributed by atoms with Gasteiger partial charge in [0.05, 0.1) is 5.69 Å². The molecular formula is C27H41N5O2. The largest absolute Gasteiger partial charge is 0.384 e. The summed E-state index contributed by atoms with van der Waals surface area (Å²) in [6.07, 6.45) is 8.81. The lowest BCUT2D eigenvalue weighted by molar-refractivity contribution is -0.120. The van der Waals surface area contributed by atoms with Gasteiger partial charge in [-0.05, 0) is 77.7 Å². The number of hydrogen-bond acceptors (Lipinski definition) is 6. The molecule has 0 saturated heterocycles. The molecule has 0 radical (unpaired) electrons. The highest BCUT2D eigenvalue weighted by atomic mass is 16.3. The normalized spacial score (nSPS) is 21.0. The first-order valence-corrected chi connectivity index (χ1v) is 12.4. The third-order valence-corrected chi connectivity index (χ3v) is 6.76. The first-order valence-electron chi connectivity index (χ1n) is 12.4. The number of anilines is 1. The van der Waals surface area contributed by atoms with Crippen molar-refractivity contribution in [3.63, 3.8) is 0 Å². The fourth-order valence-electron chi connectivity index (χ4n) is 4.64. The van der Waals surface area contributed by atoms with Crippen LogP contribution in [0.4, 0.5) is 5.82 Å². The lowest BCUT2D eigenvalue weighted by Gasteiger charge is -2.38. The van der Waals surface area contributed by atoms with Gasteiger partial charge in [0.15, 0.2) is 5.82 Å². The lowest BCUT2D eigenvalue weighted by Crippen LogP contribution is -2.38. The Morgan fingerprint density at radius 1 is 1.29 bits per heavy atom. The van der Waals surface area contributed by atoms with Crippen LogP contribution in [0.1, 0.15) is 91.6 Å². The van der Waals surface area contributed by atoms with Crippen molar-refractivity contribution >= 4 is 22.6 Å². The Morgan fingerprint density at radius 2 is 1.97 bits per heavy atom. The Kier molecular flexibility index (Phi) is 7.96. The van der Waals surface area contributed by atoms with Crippen LogP contribution in [0.25, 0.3) is 10.9 Å². The molecule has 2 heterocycles. The van der Waals surface area contributed by atoms with Crippen LogP contribution >= 0.6 is 0 Å². The standard InChI is InChI=1S/C27H41N5O2/c1-17(2)29-25-24-20(15-22(31-25)26(5,6)34)16-28-23(32-24)14-18(3)8-11-27(7)12-9-21(10-13-27)30-19(4)33/h15-17,21,34H,3,8-14H2,1-2,4-7H3,(H,29,31)(H,30,33). The van der Waals surface area contributed by atoms with Crippen LogP contribution in [0.2, 0.25) is 0 Å². The van der Waals surface area contributed by atoms with Crippen molar-refractivity contribution in [3.8, 4) is 0 Å². The molecule has 0 aliphatic heterocycles. The second-order valence-electron chi connectivity index (χ2n) is 11.2. The number of aliphatic hydroxyl groups is 1. The molecule has 2 aromatic rings. The van der Waals surface area contributed by atoms with Gasteiger partial charge in [-0.25, -0.2) is 15.0 Å². The molecule has 2 aromatic heterocycles. The SMILES string of the molecule is C=C(CCC1(C)CCC(NC(C)=O)CC1)Cc1ncc2cc(C(C)(C)O)nc(NC(C)C)c2n1. The summed E-state index contributed by atoms with van der Waals surface area (Å²) in [5, 5.41) is 17.7. The number of nitrogens with zero attached hydrogens (tertiary/aromatic N) is 3. The molecule has 0 bridgehead atoms. The number of carbonyl (C=O) groups excluding carboxylic acids is 1. The van der Waals surface area contributed by atoms with E-state index in [1.807, 2.05) is 12.3 Å². The van der Waals surface area contributed by atoms with Gasteiger partial charge in [0, 0.05) is 37.0 Å². The smallest absolute Gasteiger partial charge is 0.217 e. The maximum Gasteiger partial charge on any atom is 0.217 e. The van der Waals surface area contributed by atoms with Crippen LogP contribution in [0.3, 0.4) is 0 Å². The molecule has 1 amide bonds. The second kappa shape index (κ2) is 10.4. The molecular weight excluding hydrogens is 426 g/mol. The van der Waals surface area contributed by atoms with E-state index in [0.29, 0.717) is 24.0 Å². The number of fused-ring (bicyclic) bond motifs is 1. The van der Waals surface area contributed by atoms with E-state index in [4.69, 9.17) is 4.98 Å². The molecule has 1 saturated carbocycles. The highest BCUT2D eigenvalue weighted by molar-refractivity contribution is 5.88. The van der Waals surface area contributed by atoms with E-state index >= 15 is 0 Å². The molecule has 3 N–H and O–H groups in total. The highest BCUT2D eigenvalue weighted by Gasteiger charge is 2.31. The molecule has 0 atom stereocenters. The Morgan fingerprint density at radius 3 is 2.56 bits per heavy atom. The van der Waals surface area contributed by atoms with Crippen molar-refractivity contribution in [1.82, 2.24) is 20.3 Å². The molecule has 1 aliphatic carbocycles. The van der Waals surface area contributed by atoms with Crippen LogP contribution < -0.4 is 10.6 Å². The minimum Gasteiger partial charge on any atom is -0.384 e. The summed E-state index contributed by atoms with van der Waals surface area (Å²) in [6, 6.07) is 2.36. The third-order valence-electron chi connectivity index (χ3n) is 6.76. The van der Waals surface area contributed by atoms with Crippen LogP contribution in [0, 0.1) is 5.41 Å². The molecule has 3 rings (SSSR count). The van der Waals surface area contributed by atoms with Crippen molar-refractivity contribution in [2.24, 2.45) is 5.41 Å². The van der Waals surface area contributed by atoms with E-state index < -0.39 is 5.60 Å². The molecule has 0 unspecified atom stereocenters. The highest BCUT2D eigenvalue weighted by Crippen LogP contribution is 2.40. The van der Waals surface area contributed by atoms with Gasteiger partial charge >= 0.3 is 0 Å². The average Bonchev–Trinajstić information content (AvgIpc) is 2.73. The topological polar surface area (TPSA) is 100 Å². The van der Waals surface area contributed by atoms with Gasteiger partial charge in [-0.15, -0.1) is 0 Å². The quantitative estimate of drug-likeness (QED) is 0.447. The van der Waals surface area contributed by atoms with Gasteiger partial charge in [-0.3, -0.25) is 4.79 Å². The summed E-state index contributed by atoms with van der Waals surface area (Å²) in [5.41, 5.74) is 1.72. The second-order valence-corrected chi connectivity index (χ2v) is 11.2. The van der Waals surface area contributed by atoms with Crippen LogP contribution in [0.15, 0.2) is 24.4 Å². The number of rotatable bonds is 9. The fraction of sp³-hybridized carbons (Fsp3) is 0.630. The number of pyridine rings is 1. The molecule has 1 fully saturated rings. The molecule has 186 valence electrons. The van der Waals surface area contributed by atoms with Crippen molar-refractivity contribution in [1.29, 1.82) is 0 Å². The van der Waals surface area contributed by atoms with Crippen molar-refractivity contribution in [2.45, 2.75) is 104 Å². The molecule has 7 heteroatoms. The van der Waals surface area contributed by atoms with E-state index in [1.165, 1.54) is 0 Å². The Bertz CT molecular complexity index is 1030. The Hall–Kier alpha value is -2.54. The van der Waals surface area contributed by atoms with E-state index in [0.717, 1.165) is 60.8 Å². The van der Waals surface area contributed by atoms with Gasteiger partial charge in [-0.2, -0.15) is 0 Å². The third kappa shape index (κ3) is 6.98. The van der Waals surface area contributed by atoms with E-state index in [9.17, 15) is 9.90 Å². The Balaban J connectivity index is 1.67. The van der Waals surface area contributed by atoms with Gasteiger partial charge in [0.2, 0.25) is 5.91 Å². The first kappa shape index (κ1) is 26.1. The minimum atomic E-state index is -1.05. The van der Waals surface area contributed by atoms with E-state index in [-0.39, 0.29) is 17.4 Å². The van der Waals surface area contributed by atoms with Crippen molar-refractivity contribution in [3.05, 3.63) is 35.9 Å². The zero-order chi connectivity index (χ0) is 25.1. The first-order chi connectivity index (χ1) is 15.8. The zero-order valence-corrected chi connectivity index (χ0v) is 21.7. The lowest BCUT2D eigenvalue weighted by atomic mass is 9.70. The summed E-state index contributed by atoms with van der Waals surface area (Å²) < 4.78 is 0. The minimum absolute atomic E-state index is 0.0654. The number of amides is 1. The van der Waals surface area contributed by atoms with Crippen LogP contribution in [-0.2, 0) is 16.8 Å². The molecule has 7 nitrogen and oxygen atoms in total. The van der Waals surface area contributed by atoms with E-state index in [1.54, 1.807) is 20.8 Å². The monoisotopic (exact) mass is 467 g/mol. The Labute approximate surface area is 203 Å². The fourth-order valence-corrected chi connectivity index (χ4v) is 4.64. The number of nitrogens with one attached hydrogen (secondary N) is 2. The van der Waals surface area contributed by atoms with Crippen LogP contribution in [-0.4, -0.2) is 38.0 Å². The maximum absolute atomic E-state index is 11.3. The molecule has 34 heavy (non-hydrogen) atoms. The zero-order valence-electron chi connectivity index (χ0n) is 21.7. The molecule has 0 aromatic carbocycles. The summed E-state index contributed by atoms with van der Waals surface area (Å²) in [7, 11) is 0. The van der Waals surface area contributed by atoms with Crippen molar-refractivity contribution in [2.75, 3.05) is 5.32 Å². The molecule has 1 aliphatic rings. The number of allylic oxidation sites excluding steroid dienone is 1. The molecule has 0 spiro atoms. The predicted molar refractivity (Wildman–Crippen MR) is 138 cm³/mol. The van der Waals surface area contributed by atoms with Crippen molar-refractivity contribution < 1.29 is 9.90 Å². The van der Waals surface area contributed by atoms with Crippen LogP contribution in [0.5, 0.6) is 0 Å². The predicted octanol–water partition coefficient (Wildman–Crippen LogP) is 5.04. The average molecular weight is 468 g/mol. The van der Waals surface area contributed by atoms with Gasteiger partial charge < -0.3 is 15.7 Å². The van der Waals surface area contributed by atoms with Gasteiger partial charge in [-0.1, -0.05) is 19.1 Å². The van der Waals surface area contributed by atoms with Gasteiger partial charge in [0.1, 0.15) is 16.9 Å². The summed E-state index contributed by atoms with van der Waals surface area (Å²) in [4.78, 5) is 25.4. The summed E-state index contributed by atoms with van der Waals surface area (Å²) in [5.74, 6) is 1.47. The summed E-state index contributed by atoms with van der Waals surface area (Å²) >= 11 is 0. The number of carbonyl (C=O) groups is 1.